The van der Waals surface area contributed by atoms with Crippen LogP contribution in [0.4, 0.5) is 11.4 Å². The highest BCUT2D eigenvalue weighted by Gasteiger charge is 2.42. The van der Waals surface area contributed by atoms with Gasteiger partial charge in [-0.2, -0.15) is 0 Å². The average Bonchev–Trinajstić information content (AvgIpc) is 3.50. The quantitative estimate of drug-likeness (QED) is 0.318. The molecule has 1 aromatic carbocycles. The molecular formula is C27H25ClN6OS. The number of rotatable bonds is 6. The lowest BCUT2D eigenvalue weighted by molar-refractivity contribution is -0.115. The van der Waals surface area contributed by atoms with E-state index in [4.69, 9.17) is 23.8 Å². The summed E-state index contributed by atoms with van der Waals surface area (Å²) in [6.07, 6.45) is 5.83. The monoisotopic (exact) mass is 516 g/mol. The average molecular weight is 517 g/mol. The van der Waals surface area contributed by atoms with Crippen LogP contribution in [0.2, 0.25) is 5.02 Å². The molecule has 1 saturated heterocycles. The van der Waals surface area contributed by atoms with Gasteiger partial charge in [0.05, 0.1) is 16.8 Å². The Morgan fingerprint density at radius 1 is 1.14 bits per heavy atom. The molecular weight excluding hydrogens is 492 g/mol. The van der Waals surface area contributed by atoms with Crippen molar-refractivity contribution in [3.63, 3.8) is 0 Å². The van der Waals surface area contributed by atoms with Crippen molar-refractivity contribution < 1.29 is 4.79 Å². The van der Waals surface area contributed by atoms with Gasteiger partial charge in [0.2, 0.25) is 5.91 Å². The number of carbonyl (C=O) groups excluding carboxylic acids is 1. The molecule has 0 saturated carbocycles. The van der Waals surface area contributed by atoms with E-state index in [1.165, 1.54) is 0 Å². The van der Waals surface area contributed by atoms with Crippen molar-refractivity contribution >= 4 is 46.2 Å². The molecule has 2 N–H and O–H groups in total. The summed E-state index contributed by atoms with van der Waals surface area (Å²) in [4.78, 5) is 23.2. The van der Waals surface area contributed by atoms with Crippen molar-refractivity contribution in [2.24, 2.45) is 0 Å². The van der Waals surface area contributed by atoms with Crippen LogP contribution in [0.3, 0.4) is 0 Å². The second-order valence-corrected chi connectivity index (χ2v) is 9.36. The lowest BCUT2D eigenvalue weighted by atomic mass is 10.0. The minimum absolute atomic E-state index is 0.0226. The second kappa shape index (κ2) is 10.1. The Bertz CT molecular complexity index is 1410. The predicted octanol–water partition coefficient (Wildman–Crippen LogP) is 5.75. The zero-order valence-corrected chi connectivity index (χ0v) is 21.4. The number of carbonyl (C=O) groups is 1. The zero-order chi connectivity index (χ0) is 25.2. The van der Waals surface area contributed by atoms with Gasteiger partial charge in [-0.15, -0.1) is 0 Å². The number of pyridine rings is 2. The molecule has 4 heterocycles. The largest absolute Gasteiger partial charge is 0.351 e. The lowest BCUT2D eigenvalue weighted by Crippen LogP contribution is -2.30. The molecule has 2 unspecified atom stereocenters. The number of nitrogens with one attached hydrogen (secondary N) is 2. The van der Waals surface area contributed by atoms with Crippen molar-refractivity contribution in [3.8, 4) is 5.82 Å². The van der Waals surface area contributed by atoms with Crippen molar-refractivity contribution in [1.82, 2.24) is 19.9 Å². The molecule has 3 aromatic heterocycles. The standard InChI is InChI=1S/C27H25ClN6OS/c1-3-24(35)31-20-11-10-19(15-17(20)2)34-26(25(32-27(34)36)21-7-4-5-13-29-21)22-8-6-14-33(22)23-12-9-18(28)16-30-23/h4-16,25-26H,3H2,1-2H3,(H,31,35)(H,32,36). The first kappa shape index (κ1) is 24.0. The fraction of sp³-hybridized carbons (Fsp3) is 0.185. The maximum atomic E-state index is 12.0. The summed E-state index contributed by atoms with van der Waals surface area (Å²) in [5.74, 6) is 0.733. The van der Waals surface area contributed by atoms with Crippen LogP contribution in [0.1, 0.15) is 42.4 Å². The van der Waals surface area contributed by atoms with E-state index in [2.05, 4.69) is 31.6 Å². The Balaban J connectivity index is 1.61. The smallest absolute Gasteiger partial charge is 0.224 e. The maximum absolute atomic E-state index is 12.0. The van der Waals surface area contributed by atoms with E-state index in [-0.39, 0.29) is 18.0 Å². The van der Waals surface area contributed by atoms with Crippen molar-refractivity contribution in [3.05, 3.63) is 101 Å². The van der Waals surface area contributed by atoms with Crippen LogP contribution in [-0.4, -0.2) is 25.6 Å². The van der Waals surface area contributed by atoms with Gasteiger partial charge in [-0.1, -0.05) is 24.6 Å². The summed E-state index contributed by atoms with van der Waals surface area (Å²) in [6.45, 7) is 3.81. The van der Waals surface area contributed by atoms with Gasteiger partial charge in [-0.25, -0.2) is 4.98 Å². The van der Waals surface area contributed by atoms with E-state index >= 15 is 0 Å². The summed E-state index contributed by atoms with van der Waals surface area (Å²) < 4.78 is 2.04. The number of aromatic nitrogens is 3. The normalized spacial score (nSPS) is 17.2. The summed E-state index contributed by atoms with van der Waals surface area (Å²) in [5.41, 5.74) is 4.53. The van der Waals surface area contributed by atoms with Crippen molar-refractivity contribution in [2.45, 2.75) is 32.4 Å². The van der Waals surface area contributed by atoms with E-state index in [9.17, 15) is 4.79 Å². The van der Waals surface area contributed by atoms with Gasteiger partial charge in [-0.3, -0.25) is 9.78 Å². The molecule has 1 fully saturated rings. The van der Waals surface area contributed by atoms with Gasteiger partial charge in [-0.05, 0) is 79.3 Å². The molecule has 0 bridgehead atoms. The van der Waals surface area contributed by atoms with E-state index in [0.29, 0.717) is 16.6 Å². The Morgan fingerprint density at radius 3 is 2.69 bits per heavy atom. The number of benzene rings is 1. The predicted molar refractivity (Wildman–Crippen MR) is 147 cm³/mol. The first-order valence-electron chi connectivity index (χ1n) is 11.7. The molecule has 4 aromatic rings. The third-order valence-electron chi connectivity index (χ3n) is 6.22. The number of aryl methyl sites for hydroxylation is 1. The van der Waals surface area contributed by atoms with Crippen LogP contribution in [0.25, 0.3) is 5.82 Å². The number of hydrogen-bond donors (Lipinski definition) is 2. The highest BCUT2D eigenvalue weighted by molar-refractivity contribution is 7.80. The minimum atomic E-state index is -0.213. The second-order valence-electron chi connectivity index (χ2n) is 8.54. The molecule has 1 aliphatic heterocycles. The number of amides is 1. The molecule has 0 spiro atoms. The van der Waals surface area contributed by atoms with Crippen LogP contribution in [-0.2, 0) is 4.79 Å². The topological polar surface area (TPSA) is 75.1 Å². The Labute approximate surface area is 220 Å². The van der Waals surface area contributed by atoms with E-state index in [0.717, 1.165) is 34.1 Å². The molecule has 0 radical (unpaired) electrons. The van der Waals surface area contributed by atoms with Crippen LogP contribution < -0.4 is 15.5 Å². The van der Waals surface area contributed by atoms with Crippen LogP contribution in [0.15, 0.2) is 79.3 Å². The Morgan fingerprint density at radius 2 is 2.00 bits per heavy atom. The Hall–Kier alpha value is -3.75. The molecule has 5 rings (SSSR count). The van der Waals surface area contributed by atoms with Gasteiger partial charge in [0.15, 0.2) is 5.11 Å². The molecule has 1 aliphatic rings. The lowest BCUT2D eigenvalue weighted by Gasteiger charge is -2.29. The molecule has 1 amide bonds. The minimum Gasteiger partial charge on any atom is -0.351 e. The first-order valence-corrected chi connectivity index (χ1v) is 12.4. The Kier molecular flexibility index (Phi) is 6.71. The number of hydrogen-bond acceptors (Lipinski definition) is 4. The molecule has 182 valence electrons. The zero-order valence-electron chi connectivity index (χ0n) is 19.9. The van der Waals surface area contributed by atoms with Crippen LogP contribution >= 0.6 is 23.8 Å². The van der Waals surface area contributed by atoms with Gasteiger partial charge in [0.25, 0.3) is 0 Å². The number of thiocarbonyl (C=S) groups is 1. The van der Waals surface area contributed by atoms with Gasteiger partial charge in [0.1, 0.15) is 11.9 Å². The van der Waals surface area contributed by atoms with Gasteiger partial charge in [0, 0.05) is 42.1 Å². The highest BCUT2D eigenvalue weighted by Crippen LogP contribution is 2.42. The van der Waals surface area contributed by atoms with Crippen LogP contribution in [0, 0.1) is 6.92 Å². The maximum Gasteiger partial charge on any atom is 0.224 e. The fourth-order valence-electron chi connectivity index (χ4n) is 4.46. The molecule has 0 aliphatic carbocycles. The number of nitrogens with zero attached hydrogens (tertiary/aromatic N) is 4. The summed E-state index contributed by atoms with van der Waals surface area (Å²) in [5, 5.41) is 7.62. The molecule has 9 heteroatoms. The van der Waals surface area contributed by atoms with Crippen molar-refractivity contribution in [1.29, 1.82) is 0 Å². The summed E-state index contributed by atoms with van der Waals surface area (Å²) in [6, 6.07) is 19.2. The fourth-order valence-corrected chi connectivity index (χ4v) is 4.92. The highest BCUT2D eigenvalue weighted by atomic mass is 35.5. The van der Waals surface area contributed by atoms with Gasteiger partial charge < -0.3 is 20.1 Å². The first-order chi connectivity index (χ1) is 17.5. The molecule has 36 heavy (non-hydrogen) atoms. The van der Waals surface area contributed by atoms with E-state index in [1.807, 2.05) is 79.2 Å². The SMILES string of the molecule is CCC(=O)Nc1ccc(N2C(=S)NC(c3ccccn3)C2c2cccn2-c2ccc(Cl)cn2)cc1C. The summed E-state index contributed by atoms with van der Waals surface area (Å²) >= 11 is 12.0. The van der Waals surface area contributed by atoms with Gasteiger partial charge >= 0.3 is 0 Å². The molecule has 7 nitrogen and oxygen atoms in total. The van der Waals surface area contributed by atoms with E-state index in [1.54, 1.807) is 12.4 Å². The van der Waals surface area contributed by atoms with Crippen LogP contribution in [0.5, 0.6) is 0 Å². The summed E-state index contributed by atoms with van der Waals surface area (Å²) in [7, 11) is 0. The molecule has 2 atom stereocenters. The van der Waals surface area contributed by atoms with E-state index < -0.39 is 0 Å². The third kappa shape index (κ3) is 4.57. The number of anilines is 2. The van der Waals surface area contributed by atoms with Crippen molar-refractivity contribution in [2.75, 3.05) is 10.2 Å². The third-order valence-corrected chi connectivity index (χ3v) is 6.76. The number of halogens is 1.